The number of benzene rings is 1. The van der Waals surface area contributed by atoms with Gasteiger partial charge in [0.1, 0.15) is 0 Å². The maximum absolute atomic E-state index is 12.6. The van der Waals surface area contributed by atoms with Crippen molar-refractivity contribution in [1.82, 2.24) is 10.2 Å². The van der Waals surface area contributed by atoms with Gasteiger partial charge in [-0.25, -0.2) is 4.79 Å². The summed E-state index contributed by atoms with van der Waals surface area (Å²) in [6.45, 7) is 5.71. The normalized spacial score (nSPS) is 16.9. The van der Waals surface area contributed by atoms with Gasteiger partial charge >= 0.3 is 6.03 Å². The molecule has 8 heteroatoms. The van der Waals surface area contributed by atoms with E-state index >= 15 is 0 Å². The Hall–Kier alpha value is -2.03. The van der Waals surface area contributed by atoms with Gasteiger partial charge in [-0.05, 0) is 55.2 Å². The summed E-state index contributed by atoms with van der Waals surface area (Å²) in [6.07, 6.45) is 7.15. The number of hydrogen-bond donors (Lipinski definition) is 3. The van der Waals surface area contributed by atoms with Crippen LogP contribution in [0.4, 0.5) is 4.79 Å². The molecule has 1 aliphatic carbocycles. The number of amides is 2. The molecule has 2 amide bonds. The maximum atomic E-state index is 12.6. The molecule has 1 aromatic rings. The standard InChI is InChI=1S/C28H49N3O5/c1-20(2)22(16-21-12-13-26(35-5)27(17-21)36-15-9-14-34-4)18-24(29)25(32)19-30-28(33)31(3)23-10-7-6-8-11-23/h12-13,17,20,22-25,32H,6-11,14-16,18-19,29H2,1-5H3,(H,30,33). The Morgan fingerprint density at radius 3 is 2.53 bits per heavy atom. The van der Waals surface area contributed by atoms with Gasteiger partial charge in [-0.2, -0.15) is 0 Å². The van der Waals surface area contributed by atoms with Crippen molar-refractivity contribution in [2.45, 2.75) is 83.4 Å². The number of nitrogens with one attached hydrogen (secondary N) is 1. The largest absolute Gasteiger partial charge is 0.493 e. The first-order chi connectivity index (χ1) is 17.3. The molecule has 3 atom stereocenters. The molecule has 1 aromatic carbocycles. The average molecular weight is 508 g/mol. The van der Waals surface area contributed by atoms with Crippen LogP contribution in [0.25, 0.3) is 0 Å². The van der Waals surface area contributed by atoms with Crippen molar-refractivity contribution in [3.8, 4) is 11.5 Å². The zero-order chi connectivity index (χ0) is 26.5. The van der Waals surface area contributed by atoms with Crippen LogP contribution in [0, 0.1) is 11.8 Å². The quantitative estimate of drug-likeness (QED) is 0.310. The molecule has 0 aliphatic heterocycles. The highest BCUT2D eigenvalue weighted by Gasteiger charge is 2.26. The van der Waals surface area contributed by atoms with Crippen LogP contribution >= 0.6 is 0 Å². The molecular formula is C28H49N3O5. The van der Waals surface area contributed by atoms with Crippen molar-refractivity contribution in [2.24, 2.45) is 17.6 Å². The molecule has 0 aromatic heterocycles. The Balaban J connectivity index is 1.90. The van der Waals surface area contributed by atoms with Crippen LogP contribution < -0.4 is 20.5 Å². The minimum Gasteiger partial charge on any atom is -0.493 e. The van der Waals surface area contributed by atoms with Crippen molar-refractivity contribution < 1.29 is 24.1 Å². The van der Waals surface area contributed by atoms with Gasteiger partial charge in [-0.1, -0.05) is 39.2 Å². The van der Waals surface area contributed by atoms with Crippen LogP contribution in [-0.2, 0) is 11.2 Å². The van der Waals surface area contributed by atoms with E-state index in [0.29, 0.717) is 31.3 Å². The number of nitrogens with zero attached hydrogens (tertiary/aromatic N) is 1. The van der Waals surface area contributed by atoms with E-state index in [0.717, 1.165) is 37.0 Å². The molecule has 206 valence electrons. The first kappa shape index (κ1) is 30.2. The number of methoxy groups -OCH3 is 2. The van der Waals surface area contributed by atoms with Crippen LogP contribution in [0.1, 0.15) is 64.4 Å². The van der Waals surface area contributed by atoms with Crippen LogP contribution in [-0.4, -0.2) is 75.3 Å². The van der Waals surface area contributed by atoms with E-state index in [-0.39, 0.29) is 24.5 Å². The monoisotopic (exact) mass is 507 g/mol. The molecule has 0 heterocycles. The Bertz CT molecular complexity index is 770. The number of ether oxygens (including phenoxy) is 3. The van der Waals surface area contributed by atoms with E-state index in [4.69, 9.17) is 19.9 Å². The van der Waals surface area contributed by atoms with Gasteiger partial charge < -0.3 is 35.3 Å². The third kappa shape index (κ3) is 9.79. The first-order valence-corrected chi connectivity index (χ1v) is 13.5. The molecule has 0 bridgehead atoms. The van der Waals surface area contributed by atoms with Crippen LogP contribution in [0.2, 0.25) is 0 Å². The number of aliphatic hydroxyl groups excluding tert-OH is 1. The molecule has 1 saturated carbocycles. The van der Waals surface area contributed by atoms with E-state index in [1.807, 2.05) is 19.2 Å². The number of carbonyl (C=O) groups excluding carboxylic acids is 1. The number of aliphatic hydroxyl groups is 1. The van der Waals surface area contributed by atoms with Crippen molar-refractivity contribution in [3.05, 3.63) is 23.8 Å². The summed E-state index contributed by atoms with van der Waals surface area (Å²) in [5.74, 6) is 2.08. The Morgan fingerprint density at radius 1 is 1.17 bits per heavy atom. The maximum Gasteiger partial charge on any atom is 0.317 e. The van der Waals surface area contributed by atoms with Gasteiger partial charge in [0.2, 0.25) is 0 Å². The van der Waals surface area contributed by atoms with Crippen LogP contribution in [0.3, 0.4) is 0 Å². The first-order valence-electron chi connectivity index (χ1n) is 13.5. The number of hydrogen-bond acceptors (Lipinski definition) is 6. The lowest BCUT2D eigenvalue weighted by Crippen LogP contribution is -2.49. The molecule has 0 spiro atoms. The Kier molecular flexibility index (Phi) is 13.4. The van der Waals surface area contributed by atoms with Crippen molar-refractivity contribution in [3.63, 3.8) is 0 Å². The highest BCUT2D eigenvalue weighted by Crippen LogP contribution is 2.31. The van der Waals surface area contributed by atoms with Crippen LogP contribution in [0.15, 0.2) is 18.2 Å². The predicted molar refractivity (Wildman–Crippen MR) is 144 cm³/mol. The molecule has 1 aliphatic rings. The minimum atomic E-state index is -0.800. The Morgan fingerprint density at radius 2 is 1.89 bits per heavy atom. The summed E-state index contributed by atoms with van der Waals surface area (Å²) in [6, 6.07) is 5.74. The second kappa shape index (κ2) is 15.9. The smallest absolute Gasteiger partial charge is 0.317 e. The fourth-order valence-electron chi connectivity index (χ4n) is 4.85. The molecular weight excluding hydrogens is 458 g/mol. The topological polar surface area (TPSA) is 106 Å². The lowest BCUT2D eigenvalue weighted by atomic mass is 9.83. The molecule has 2 rings (SSSR count). The van der Waals surface area contributed by atoms with Crippen molar-refractivity contribution in [2.75, 3.05) is 41.0 Å². The molecule has 1 fully saturated rings. The molecule has 4 N–H and O–H groups in total. The van der Waals surface area contributed by atoms with Gasteiger partial charge in [-0.3, -0.25) is 0 Å². The summed E-state index contributed by atoms with van der Waals surface area (Å²) in [5.41, 5.74) is 7.55. The van der Waals surface area contributed by atoms with E-state index in [9.17, 15) is 9.90 Å². The highest BCUT2D eigenvalue weighted by atomic mass is 16.5. The lowest BCUT2D eigenvalue weighted by Gasteiger charge is -2.32. The van der Waals surface area contributed by atoms with Gasteiger partial charge in [0, 0.05) is 45.8 Å². The Labute approximate surface area is 217 Å². The van der Waals surface area contributed by atoms with Gasteiger partial charge in [-0.15, -0.1) is 0 Å². The summed E-state index contributed by atoms with van der Waals surface area (Å²) < 4.78 is 16.5. The second-order valence-corrected chi connectivity index (χ2v) is 10.4. The lowest BCUT2D eigenvalue weighted by molar-refractivity contribution is 0.119. The van der Waals surface area contributed by atoms with Crippen molar-refractivity contribution in [1.29, 1.82) is 0 Å². The summed E-state index contributed by atoms with van der Waals surface area (Å²) in [4.78, 5) is 14.4. The van der Waals surface area contributed by atoms with Gasteiger partial charge in [0.05, 0.1) is 19.8 Å². The van der Waals surface area contributed by atoms with Crippen LogP contribution in [0.5, 0.6) is 11.5 Å². The number of rotatable bonds is 15. The summed E-state index contributed by atoms with van der Waals surface area (Å²) in [5, 5.41) is 13.6. The number of urea groups is 1. The van der Waals surface area contributed by atoms with E-state index in [1.165, 1.54) is 19.3 Å². The molecule has 36 heavy (non-hydrogen) atoms. The molecule has 0 saturated heterocycles. The van der Waals surface area contributed by atoms with E-state index < -0.39 is 12.1 Å². The minimum absolute atomic E-state index is 0.134. The zero-order valence-corrected chi connectivity index (χ0v) is 23.0. The average Bonchev–Trinajstić information content (AvgIpc) is 2.89. The summed E-state index contributed by atoms with van der Waals surface area (Å²) >= 11 is 0. The molecule has 3 unspecified atom stereocenters. The summed E-state index contributed by atoms with van der Waals surface area (Å²) in [7, 11) is 5.16. The third-order valence-electron chi connectivity index (χ3n) is 7.39. The van der Waals surface area contributed by atoms with E-state index in [1.54, 1.807) is 19.1 Å². The van der Waals surface area contributed by atoms with Gasteiger partial charge in [0.25, 0.3) is 0 Å². The fourth-order valence-corrected chi connectivity index (χ4v) is 4.85. The number of nitrogens with two attached hydrogens (primary N) is 1. The zero-order valence-electron chi connectivity index (χ0n) is 23.0. The molecule has 8 nitrogen and oxygen atoms in total. The highest BCUT2D eigenvalue weighted by molar-refractivity contribution is 5.74. The second-order valence-electron chi connectivity index (χ2n) is 10.4. The third-order valence-corrected chi connectivity index (χ3v) is 7.39. The fraction of sp³-hybridized carbons (Fsp3) is 0.750. The predicted octanol–water partition coefficient (Wildman–Crippen LogP) is 3.98. The SMILES string of the molecule is COCCCOc1cc(CC(CC(N)C(O)CNC(=O)N(C)C2CCCCC2)C(C)C)ccc1OC. The number of carbonyl (C=O) groups is 1. The molecule has 0 radical (unpaired) electrons. The van der Waals surface area contributed by atoms with Crippen molar-refractivity contribution >= 4 is 6.03 Å². The van der Waals surface area contributed by atoms with E-state index in [2.05, 4.69) is 25.2 Å². The van der Waals surface area contributed by atoms with Gasteiger partial charge in [0.15, 0.2) is 11.5 Å².